The third-order valence-corrected chi connectivity index (χ3v) is 3.16. The second-order valence-electron chi connectivity index (χ2n) is 4.51. The summed E-state index contributed by atoms with van der Waals surface area (Å²) in [5, 5.41) is 22.8. The lowest BCUT2D eigenvalue weighted by atomic mass is 10.3. The number of rotatable bonds is 7. The molecule has 0 spiro atoms. The van der Waals surface area contributed by atoms with Crippen LogP contribution in [-0.4, -0.2) is 34.7 Å². The minimum atomic E-state index is -1.03. The van der Waals surface area contributed by atoms with Crippen molar-refractivity contribution in [3.8, 4) is 5.75 Å². The van der Waals surface area contributed by atoms with E-state index in [9.17, 15) is 14.9 Å². The summed E-state index contributed by atoms with van der Waals surface area (Å²) in [5.74, 6) is -0.928. The van der Waals surface area contributed by atoms with E-state index >= 15 is 0 Å². The topological polar surface area (TPSA) is 102 Å². The average molecular weight is 301 g/mol. The number of halogens is 1. The zero-order valence-electron chi connectivity index (χ0n) is 10.4. The molecule has 1 unspecified atom stereocenters. The summed E-state index contributed by atoms with van der Waals surface area (Å²) in [6.07, 6.45) is 1.89. The van der Waals surface area contributed by atoms with Crippen LogP contribution in [0.3, 0.4) is 0 Å². The highest BCUT2D eigenvalue weighted by Gasteiger charge is 2.28. The molecule has 1 saturated carbocycles. The highest BCUT2D eigenvalue weighted by atomic mass is 35.5. The van der Waals surface area contributed by atoms with Gasteiger partial charge in [-0.2, -0.15) is 0 Å². The summed E-state index contributed by atoms with van der Waals surface area (Å²) >= 11 is 5.87. The Morgan fingerprint density at radius 2 is 2.30 bits per heavy atom. The van der Waals surface area contributed by atoms with Gasteiger partial charge in [-0.05, 0) is 18.9 Å². The van der Waals surface area contributed by atoms with Gasteiger partial charge in [0.1, 0.15) is 18.4 Å². The van der Waals surface area contributed by atoms with Crippen LogP contribution in [0.5, 0.6) is 5.75 Å². The summed E-state index contributed by atoms with van der Waals surface area (Å²) < 4.78 is 5.30. The highest BCUT2D eigenvalue weighted by molar-refractivity contribution is 6.32. The molecule has 1 fully saturated rings. The molecular formula is C12H13ClN2O5. The van der Waals surface area contributed by atoms with Gasteiger partial charge >= 0.3 is 5.97 Å². The quantitative estimate of drug-likeness (QED) is 0.588. The summed E-state index contributed by atoms with van der Waals surface area (Å²) in [6, 6.07) is 3.13. The van der Waals surface area contributed by atoms with Crippen molar-refractivity contribution in [1.29, 1.82) is 0 Å². The number of ether oxygens (including phenoxy) is 1. The van der Waals surface area contributed by atoms with Crippen molar-refractivity contribution in [2.75, 3.05) is 6.61 Å². The molecule has 1 aliphatic rings. The number of carboxylic acids is 1. The lowest BCUT2D eigenvalue weighted by molar-refractivity contribution is -0.384. The standard InChI is InChI=1S/C12H13ClN2O5/c13-9-4-3-8(15(18)19)5-11(9)20-6-10(12(16)17)14-7-1-2-7/h3-5,7,10,14H,1-2,6H2,(H,16,17). The molecule has 1 aliphatic carbocycles. The molecule has 0 saturated heterocycles. The van der Waals surface area contributed by atoms with Crippen molar-refractivity contribution in [1.82, 2.24) is 5.32 Å². The van der Waals surface area contributed by atoms with Crippen molar-refractivity contribution < 1.29 is 19.6 Å². The van der Waals surface area contributed by atoms with E-state index in [4.69, 9.17) is 21.4 Å². The number of hydrogen-bond donors (Lipinski definition) is 2. The summed E-state index contributed by atoms with van der Waals surface area (Å²) in [7, 11) is 0. The second-order valence-corrected chi connectivity index (χ2v) is 4.92. The molecule has 8 heteroatoms. The Balaban J connectivity index is 2.02. The van der Waals surface area contributed by atoms with Crippen molar-refractivity contribution >= 4 is 23.3 Å². The van der Waals surface area contributed by atoms with Crippen molar-refractivity contribution in [3.63, 3.8) is 0 Å². The van der Waals surface area contributed by atoms with Gasteiger partial charge in [0.05, 0.1) is 16.0 Å². The predicted molar refractivity (Wildman–Crippen MR) is 71.2 cm³/mol. The lowest BCUT2D eigenvalue weighted by Crippen LogP contribution is -2.42. The Labute approximate surface area is 119 Å². The van der Waals surface area contributed by atoms with Gasteiger partial charge < -0.3 is 9.84 Å². The normalized spacial score (nSPS) is 15.7. The van der Waals surface area contributed by atoms with E-state index in [1.54, 1.807) is 0 Å². The van der Waals surface area contributed by atoms with Crippen LogP contribution in [0.15, 0.2) is 18.2 Å². The first-order valence-electron chi connectivity index (χ1n) is 6.03. The van der Waals surface area contributed by atoms with Gasteiger partial charge in [0.15, 0.2) is 0 Å². The molecule has 108 valence electrons. The predicted octanol–water partition coefficient (Wildman–Crippen LogP) is 1.83. The van der Waals surface area contributed by atoms with E-state index in [0.29, 0.717) is 0 Å². The Morgan fingerprint density at radius 1 is 1.60 bits per heavy atom. The Kier molecular flexibility index (Phi) is 4.41. The Hall–Kier alpha value is -1.86. The van der Waals surface area contributed by atoms with E-state index in [2.05, 4.69) is 5.32 Å². The number of carbonyl (C=O) groups is 1. The maximum absolute atomic E-state index is 11.1. The molecule has 0 aromatic heterocycles. The monoisotopic (exact) mass is 300 g/mol. The second kappa shape index (κ2) is 6.06. The summed E-state index contributed by atoms with van der Waals surface area (Å²) in [4.78, 5) is 21.2. The first-order chi connectivity index (χ1) is 9.47. The van der Waals surface area contributed by atoms with Crippen molar-refractivity contribution in [2.45, 2.75) is 24.9 Å². The third-order valence-electron chi connectivity index (χ3n) is 2.84. The maximum atomic E-state index is 11.1. The summed E-state index contributed by atoms with van der Waals surface area (Å²) in [5.41, 5.74) is -0.161. The molecule has 0 radical (unpaired) electrons. The highest BCUT2D eigenvalue weighted by Crippen LogP contribution is 2.29. The number of nitrogens with one attached hydrogen (secondary N) is 1. The first kappa shape index (κ1) is 14.5. The third kappa shape index (κ3) is 3.82. The van der Waals surface area contributed by atoms with E-state index < -0.39 is 16.9 Å². The smallest absolute Gasteiger partial charge is 0.324 e. The van der Waals surface area contributed by atoms with Crippen LogP contribution in [-0.2, 0) is 4.79 Å². The molecule has 7 nitrogen and oxygen atoms in total. The number of nitrogens with zero attached hydrogens (tertiary/aromatic N) is 1. The zero-order valence-corrected chi connectivity index (χ0v) is 11.2. The van der Waals surface area contributed by atoms with Crippen LogP contribution in [0.2, 0.25) is 5.02 Å². The molecule has 1 atom stereocenters. The van der Waals surface area contributed by atoms with Gasteiger partial charge in [-0.1, -0.05) is 11.6 Å². The number of non-ortho nitro benzene ring substituents is 1. The molecule has 0 amide bonds. The van der Waals surface area contributed by atoms with Crippen molar-refractivity contribution in [3.05, 3.63) is 33.3 Å². The van der Waals surface area contributed by atoms with Gasteiger partial charge in [-0.3, -0.25) is 20.2 Å². The fraction of sp³-hybridized carbons (Fsp3) is 0.417. The Morgan fingerprint density at radius 3 is 2.85 bits per heavy atom. The van der Waals surface area contributed by atoms with Crippen LogP contribution in [0.4, 0.5) is 5.69 Å². The van der Waals surface area contributed by atoms with Gasteiger partial charge in [-0.25, -0.2) is 0 Å². The van der Waals surface area contributed by atoms with Crippen LogP contribution >= 0.6 is 11.6 Å². The lowest BCUT2D eigenvalue weighted by Gasteiger charge is -2.15. The molecule has 1 aromatic carbocycles. The zero-order chi connectivity index (χ0) is 14.7. The largest absolute Gasteiger partial charge is 0.490 e. The van der Waals surface area contributed by atoms with Crippen LogP contribution in [0.1, 0.15) is 12.8 Å². The van der Waals surface area contributed by atoms with Crippen LogP contribution in [0.25, 0.3) is 0 Å². The number of aliphatic carboxylic acids is 1. The molecule has 20 heavy (non-hydrogen) atoms. The fourth-order valence-electron chi connectivity index (χ4n) is 1.61. The maximum Gasteiger partial charge on any atom is 0.324 e. The Bertz CT molecular complexity index is 533. The average Bonchev–Trinajstić information content (AvgIpc) is 3.19. The molecule has 2 rings (SSSR count). The molecule has 0 aliphatic heterocycles. The van der Waals surface area contributed by atoms with Gasteiger partial charge in [0.25, 0.3) is 5.69 Å². The molecular weight excluding hydrogens is 288 g/mol. The minimum absolute atomic E-state index is 0.102. The number of nitro benzene ring substituents is 1. The van der Waals surface area contributed by atoms with E-state index in [0.717, 1.165) is 12.8 Å². The molecule has 2 N–H and O–H groups in total. The van der Waals surface area contributed by atoms with E-state index in [-0.39, 0.29) is 29.1 Å². The molecule has 1 aromatic rings. The van der Waals surface area contributed by atoms with E-state index in [1.807, 2.05) is 0 Å². The van der Waals surface area contributed by atoms with Crippen LogP contribution < -0.4 is 10.1 Å². The van der Waals surface area contributed by atoms with Crippen molar-refractivity contribution in [2.24, 2.45) is 0 Å². The van der Waals surface area contributed by atoms with E-state index in [1.165, 1.54) is 18.2 Å². The number of nitro groups is 1. The number of hydrogen-bond acceptors (Lipinski definition) is 5. The number of carboxylic acid groups (broad SMARTS) is 1. The van der Waals surface area contributed by atoms with Crippen LogP contribution in [0, 0.1) is 10.1 Å². The SMILES string of the molecule is O=C(O)C(COc1cc([N+](=O)[O-])ccc1Cl)NC1CC1. The van der Waals surface area contributed by atoms with Gasteiger partial charge in [0, 0.05) is 12.1 Å². The van der Waals surface area contributed by atoms with Gasteiger partial charge in [0.2, 0.25) is 0 Å². The fourth-order valence-corrected chi connectivity index (χ4v) is 1.79. The van der Waals surface area contributed by atoms with Gasteiger partial charge in [-0.15, -0.1) is 0 Å². The number of benzene rings is 1. The summed E-state index contributed by atoms with van der Waals surface area (Å²) in [6.45, 7) is -0.146. The molecule has 0 heterocycles. The first-order valence-corrected chi connectivity index (χ1v) is 6.41. The minimum Gasteiger partial charge on any atom is -0.490 e. The molecule has 0 bridgehead atoms.